The number of carbonyl (C=O) groups is 1. The highest BCUT2D eigenvalue weighted by molar-refractivity contribution is 7.99. The molecular formula is C15H18N4OS. The molecule has 0 spiro atoms. The van der Waals surface area contributed by atoms with Crippen molar-refractivity contribution in [2.75, 3.05) is 5.75 Å². The van der Waals surface area contributed by atoms with E-state index in [2.05, 4.69) is 15.5 Å². The van der Waals surface area contributed by atoms with Crippen LogP contribution in [0.2, 0.25) is 0 Å². The fourth-order valence-electron chi connectivity index (χ4n) is 2.68. The van der Waals surface area contributed by atoms with E-state index in [4.69, 9.17) is 0 Å². The van der Waals surface area contributed by atoms with Crippen molar-refractivity contribution in [3.8, 4) is 5.69 Å². The first-order chi connectivity index (χ1) is 10.3. The molecule has 21 heavy (non-hydrogen) atoms. The second-order valence-corrected chi connectivity index (χ2v) is 6.24. The molecule has 0 radical (unpaired) electrons. The molecule has 1 fully saturated rings. The molecule has 0 bridgehead atoms. The number of tetrazole rings is 1. The molecule has 0 amide bonds. The molecule has 110 valence electrons. The highest BCUT2D eigenvalue weighted by atomic mass is 32.2. The maximum absolute atomic E-state index is 12.2. The van der Waals surface area contributed by atoms with Gasteiger partial charge in [0.05, 0.1) is 11.4 Å². The fourth-order valence-corrected chi connectivity index (χ4v) is 3.54. The number of hydrogen-bond donors (Lipinski definition) is 0. The average Bonchev–Trinajstić information content (AvgIpc) is 3.03. The van der Waals surface area contributed by atoms with Gasteiger partial charge in [-0.1, -0.05) is 49.2 Å². The molecule has 1 aliphatic carbocycles. The van der Waals surface area contributed by atoms with E-state index < -0.39 is 0 Å². The lowest BCUT2D eigenvalue weighted by Gasteiger charge is -2.19. The minimum atomic E-state index is 0.243. The zero-order valence-electron chi connectivity index (χ0n) is 11.8. The minimum Gasteiger partial charge on any atom is -0.298 e. The van der Waals surface area contributed by atoms with Gasteiger partial charge in [0, 0.05) is 5.92 Å². The van der Waals surface area contributed by atoms with E-state index in [0.29, 0.717) is 16.7 Å². The van der Waals surface area contributed by atoms with Crippen molar-refractivity contribution in [3.63, 3.8) is 0 Å². The molecule has 1 aliphatic rings. The van der Waals surface area contributed by atoms with Crippen molar-refractivity contribution in [2.45, 2.75) is 37.3 Å². The third kappa shape index (κ3) is 3.50. The molecule has 1 saturated carbocycles. The van der Waals surface area contributed by atoms with Gasteiger partial charge in [-0.05, 0) is 35.4 Å². The number of aromatic nitrogens is 4. The summed E-state index contributed by atoms with van der Waals surface area (Å²) >= 11 is 1.43. The molecule has 5 nitrogen and oxygen atoms in total. The lowest BCUT2D eigenvalue weighted by molar-refractivity contribution is -0.121. The largest absolute Gasteiger partial charge is 0.298 e. The van der Waals surface area contributed by atoms with Crippen molar-refractivity contribution in [2.24, 2.45) is 5.92 Å². The maximum Gasteiger partial charge on any atom is 0.214 e. The lowest BCUT2D eigenvalue weighted by Crippen LogP contribution is -2.19. The fraction of sp³-hybridized carbons (Fsp3) is 0.467. The number of para-hydroxylation sites is 1. The van der Waals surface area contributed by atoms with Crippen molar-refractivity contribution in [1.29, 1.82) is 0 Å². The van der Waals surface area contributed by atoms with E-state index in [1.165, 1.54) is 31.0 Å². The Morgan fingerprint density at radius 1 is 1.19 bits per heavy atom. The predicted octanol–water partition coefficient (Wildman–Crippen LogP) is 2.90. The van der Waals surface area contributed by atoms with Gasteiger partial charge in [0.25, 0.3) is 0 Å². The zero-order chi connectivity index (χ0) is 14.5. The normalized spacial score (nSPS) is 16.0. The Morgan fingerprint density at radius 2 is 1.95 bits per heavy atom. The Balaban J connectivity index is 1.63. The standard InChI is InChI=1S/C15H18N4OS/c20-14(12-7-3-1-4-8-12)11-21-15-16-17-18-19(15)13-9-5-2-6-10-13/h2,5-6,9-10,12H,1,3-4,7-8,11H2. The summed E-state index contributed by atoms with van der Waals surface area (Å²) in [4.78, 5) is 12.2. The molecular weight excluding hydrogens is 284 g/mol. The van der Waals surface area contributed by atoms with Crippen molar-refractivity contribution in [3.05, 3.63) is 30.3 Å². The van der Waals surface area contributed by atoms with Crippen LogP contribution in [0.15, 0.2) is 35.5 Å². The molecule has 1 aromatic heterocycles. The Bertz CT molecular complexity index is 593. The average molecular weight is 302 g/mol. The maximum atomic E-state index is 12.2. The van der Waals surface area contributed by atoms with Crippen molar-refractivity contribution in [1.82, 2.24) is 20.2 Å². The number of ketones is 1. The van der Waals surface area contributed by atoms with Gasteiger partial charge in [0.2, 0.25) is 5.16 Å². The monoisotopic (exact) mass is 302 g/mol. The smallest absolute Gasteiger partial charge is 0.214 e. The summed E-state index contributed by atoms with van der Waals surface area (Å²) in [6.07, 6.45) is 5.72. The summed E-state index contributed by atoms with van der Waals surface area (Å²) in [5.41, 5.74) is 0.912. The van der Waals surface area contributed by atoms with E-state index in [-0.39, 0.29) is 5.92 Å². The lowest BCUT2D eigenvalue weighted by atomic mass is 9.87. The molecule has 1 aromatic carbocycles. The van der Waals surface area contributed by atoms with Crippen LogP contribution in [0.1, 0.15) is 32.1 Å². The van der Waals surface area contributed by atoms with Crippen LogP contribution in [0.5, 0.6) is 0 Å². The van der Waals surface area contributed by atoms with Crippen LogP contribution >= 0.6 is 11.8 Å². The van der Waals surface area contributed by atoms with Gasteiger partial charge in [-0.3, -0.25) is 4.79 Å². The number of nitrogens with zero attached hydrogens (tertiary/aromatic N) is 4. The minimum absolute atomic E-state index is 0.243. The van der Waals surface area contributed by atoms with E-state index in [0.717, 1.165) is 18.5 Å². The van der Waals surface area contributed by atoms with Gasteiger partial charge in [-0.25, -0.2) is 0 Å². The van der Waals surface area contributed by atoms with Crippen LogP contribution in [-0.4, -0.2) is 31.7 Å². The molecule has 0 N–H and O–H groups in total. The highest BCUT2D eigenvalue weighted by Crippen LogP contribution is 2.27. The van der Waals surface area contributed by atoms with Crippen molar-refractivity contribution < 1.29 is 4.79 Å². The van der Waals surface area contributed by atoms with Gasteiger partial charge in [-0.2, -0.15) is 4.68 Å². The molecule has 0 unspecified atom stereocenters. The first kappa shape index (κ1) is 14.3. The van der Waals surface area contributed by atoms with E-state index in [9.17, 15) is 4.79 Å². The number of carbonyl (C=O) groups excluding carboxylic acids is 1. The Kier molecular flexibility index (Phi) is 4.65. The molecule has 0 aliphatic heterocycles. The SMILES string of the molecule is O=C(CSc1nnnn1-c1ccccc1)C1CCCCC1. The summed E-state index contributed by atoms with van der Waals surface area (Å²) in [6.45, 7) is 0. The number of thioether (sulfide) groups is 1. The first-order valence-corrected chi connectivity index (χ1v) is 8.32. The first-order valence-electron chi connectivity index (χ1n) is 7.34. The molecule has 3 rings (SSSR count). The van der Waals surface area contributed by atoms with Crippen LogP contribution in [0.4, 0.5) is 0 Å². The molecule has 0 saturated heterocycles. The number of rotatable bonds is 5. The third-order valence-electron chi connectivity index (χ3n) is 3.85. The van der Waals surface area contributed by atoms with Crippen molar-refractivity contribution >= 4 is 17.5 Å². The number of benzene rings is 1. The van der Waals surface area contributed by atoms with Gasteiger partial charge >= 0.3 is 0 Å². The second-order valence-electron chi connectivity index (χ2n) is 5.30. The second kappa shape index (κ2) is 6.85. The summed E-state index contributed by atoms with van der Waals surface area (Å²) in [7, 11) is 0. The van der Waals surface area contributed by atoms with E-state index in [1.807, 2.05) is 30.3 Å². The predicted molar refractivity (Wildman–Crippen MR) is 81.5 cm³/mol. The molecule has 2 aromatic rings. The van der Waals surface area contributed by atoms with Crippen LogP contribution in [0.25, 0.3) is 5.69 Å². The van der Waals surface area contributed by atoms with Crippen LogP contribution < -0.4 is 0 Å². The van der Waals surface area contributed by atoms with Crippen LogP contribution in [0, 0.1) is 5.92 Å². The molecule has 6 heteroatoms. The summed E-state index contributed by atoms with van der Waals surface area (Å²) < 4.78 is 1.68. The topological polar surface area (TPSA) is 60.7 Å². The summed E-state index contributed by atoms with van der Waals surface area (Å²) in [6, 6.07) is 9.73. The van der Waals surface area contributed by atoms with Crippen LogP contribution in [0.3, 0.4) is 0 Å². The number of Topliss-reactive ketones (excluding diaryl/α,β-unsaturated/α-hetero) is 1. The Morgan fingerprint density at radius 3 is 2.71 bits per heavy atom. The number of hydrogen-bond acceptors (Lipinski definition) is 5. The van der Waals surface area contributed by atoms with Gasteiger partial charge in [-0.15, -0.1) is 5.10 Å². The summed E-state index contributed by atoms with van der Waals surface area (Å²) in [5.74, 6) is 1.03. The summed E-state index contributed by atoms with van der Waals surface area (Å²) in [5, 5.41) is 12.4. The van der Waals surface area contributed by atoms with Gasteiger partial charge in [0.15, 0.2) is 0 Å². The molecule has 1 heterocycles. The molecule has 0 atom stereocenters. The Hall–Kier alpha value is -1.69. The third-order valence-corrected chi connectivity index (χ3v) is 4.79. The van der Waals surface area contributed by atoms with E-state index in [1.54, 1.807) is 4.68 Å². The zero-order valence-corrected chi connectivity index (χ0v) is 12.6. The van der Waals surface area contributed by atoms with Gasteiger partial charge < -0.3 is 0 Å². The van der Waals surface area contributed by atoms with Gasteiger partial charge in [0.1, 0.15) is 5.78 Å². The van der Waals surface area contributed by atoms with E-state index >= 15 is 0 Å². The quantitative estimate of drug-likeness (QED) is 0.795. The highest BCUT2D eigenvalue weighted by Gasteiger charge is 2.22. The Labute approximate surface area is 128 Å². The van der Waals surface area contributed by atoms with Crippen LogP contribution in [-0.2, 0) is 4.79 Å².